The van der Waals surface area contributed by atoms with Crippen LogP contribution in [0, 0.1) is 0 Å². The van der Waals surface area contributed by atoms with E-state index < -0.39 is 0 Å². The van der Waals surface area contributed by atoms with Crippen molar-refractivity contribution in [3.05, 3.63) is 192 Å². The van der Waals surface area contributed by atoms with Gasteiger partial charge in [-0.2, -0.15) is 0 Å². The van der Waals surface area contributed by atoms with Crippen LogP contribution in [0.5, 0.6) is 0 Å². The summed E-state index contributed by atoms with van der Waals surface area (Å²) in [6.45, 7) is 3.73. The fourth-order valence-corrected chi connectivity index (χ4v) is 7.59. The molecule has 52 heavy (non-hydrogen) atoms. The van der Waals surface area contributed by atoms with Crippen molar-refractivity contribution in [3.63, 3.8) is 0 Å². The number of hydrogen-bond acceptors (Lipinski definition) is 4. The van der Waals surface area contributed by atoms with Gasteiger partial charge in [0.1, 0.15) is 14.1 Å². The van der Waals surface area contributed by atoms with E-state index in [1.807, 2.05) is 59.2 Å². The van der Waals surface area contributed by atoms with Gasteiger partial charge in [0.25, 0.3) is 0 Å². The number of allylic oxidation sites excluding steroid dienone is 5. The van der Waals surface area contributed by atoms with Crippen molar-refractivity contribution in [2.75, 3.05) is 41.4 Å². The molecule has 0 radical (unpaired) electrons. The van der Waals surface area contributed by atoms with E-state index in [1.165, 1.54) is 39.3 Å². The van der Waals surface area contributed by atoms with Gasteiger partial charge in [0, 0.05) is 73.3 Å². The van der Waals surface area contributed by atoms with E-state index in [0.717, 1.165) is 37.7 Å². The highest BCUT2D eigenvalue weighted by Crippen LogP contribution is 2.26. The molecule has 5 aromatic rings. The molecule has 0 unspecified atom stereocenters. The van der Waals surface area contributed by atoms with Gasteiger partial charge < -0.3 is 9.80 Å². The van der Waals surface area contributed by atoms with Crippen LogP contribution in [0.4, 0.5) is 11.4 Å². The number of pyridine rings is 1. The van der Waals surface area contributed by atoms with E-state index in [-0.39, 0.29) is 0 Å². The van der Waals surface area contributed by atoms with E-state index in [2.05, 4.69) is 184 Å². The summed E-state index contributed by atoms with van der Waals surface area (Å²) in [4.78, 5) is 7.98. The van der Waals surface area contributed by atoms with Crippen LogP contribution in [0.3, 0.4) is 0 Å². The topological polar surface area (TPSA) is 24.3 Å². The van der Waals surface area contributed by atoms with Crippen LogP contribution in [-0.4, -0.2) is 37.9 Å². The molecular formula is C46H50N4S2+2. The summed E-state index contributed by atoms with van der Waals surface area (Å²) in [5.74, 6) is 2.09. The summed E-state index contributed by atoms with van der Waals surface area (Å²) in [6, 6.07) is 45.7. The monoisotopic (exact) mass is 722 g/mol. The molecule has 1 N–H and O–H groups in total. The van der Waals surface area contributed by atoms with Crippen molar-refractivity contribution in [2.45, 2.75) is 13.1 Å². The highest BCUT2D eigenvalue weighted by atomic mass is 33.1. The molecule has 264 valence electrons. The number of nitrogens with one attached hydrogen (secondary N) is 1. The lowest BCUT2D eigenvalue weighted by molar-refractivity contribution is -0.673. The molecule has 0 saturated heterocycles. The lowest BCUT2D eigenvalue weighted by atomic mass is 10.1. The maximum atomic E-state index is 2.99. The minimum atomic E-state index is 0.889. The van der Waals surface area contributed by atoms with Gasteiger partial charge in [0.05, 0.1) is 0 Å². The van der Waals surface area contributed by atoms with Gasteiger partial charge in [-0.3, -0.25) is 4.99 Å². The van der Waals surface area contributed by atoms with Crippen LogP contribution in [-0.2, 0) is 20.1 Å². The van der Waals surface area contributed by atoms with Crippen molar-refractivity contribution >= 4 is 57.4 Å². The lowest BCUT2D eigenvalue weighted by Gasteiger charge is -2.26. The molecule has 0 aliphatic rings. The Morgan fingerprint density at radius 3 is 1.58 bits per heavy atom. The van der Waals surface area contributed by atoms with Crippen LogP contribution in [0.2, 0.25) is 0 Å². The molecule has 0 fully saturated rings. The Bertz CT molecular complexity index is 1900. The van der Waals surface area contributed by atoms with E-state index >= 15 is 0 Å². The summed E-state index contributed by atoms with van der Waals surface area (Å²) >= 11 is 0. The second kappa shape index (κ2) is 22.0. The molecule has 4 nitrogen and oxygen atoms in total. The van der Waals surface area contributed by atoms with Crippen LogP contribution in [0.15, 0.2) is 164 Å². The Morgan fingerprint density at radius 1 is 0.538 bits per heavy atom. The van der Waals surface area contributed by atoms with Crippen molar-refractivity contribution in [1.29, 1.82) is 0 Å². The third-order valence-corrected chi connectivity index (χ3v) is 10.8. The van der Waals surface area contributed by atoms with Crippen LogP contribution < -0.4 is 19.4 Å². The van der Waals surface area contributed by atoms with Gasteiger partial charge in [-0.1, -0.05) is 137 Å². The first kappa shape index (κ1) is 38.2. The Morgan fingerprint density at radius 2 is 1.04 bits per heavy atom. The average Bonchev–Trinajstić information content (AvgIpc) is 3.19. The molecular weight excluding hydrogens is 673 g/mol. The SMILES string of the molecule is C[NH+]=C\C=C/C=C/C=C/c1ccc(N(CCSSCCN(Cc2ccccc2)c2ccc(/C=C/c3cccc[n+]3C)cc2)Cc2ccccc2)cc1. The second-order valence-corrected chi connectivity index (χ2v) is 15.0. The van der Waals surface area contributed by atoms with Crippen LogP contribution >= 0.6 is 21.6 Å². The number of benzene rings is 4. The van der Waals surface area contributed by atoms with E-state index in [1.54, 1.807) is 0 Å². The number of rotatable bonds is 19. The molecule has 1 aromatic heterocycles. The van der Waals surface area contributed by atoms with Crippen LogP contribution in [0.25, 0.3) is 18.2 Å². The van der Waals surface area contributed by atoms with Gasteiger partial charge in [-0.25, -0.2) is 4.57 Å². The molecule has 0 amide bonds. The minimum Gasteiger partial charge on any atom is -0.366 e. The summed E-state index contributed by atoms with van der Waals surface area (Å²) in [5, 5.41) is 0. The lowest BCUT2D eigenvalue weighted by Crippen LogP contribution is -2.62. The zero-order valence-corrected chi connectivity index (χ0v) is 31.9. The third-order valence-electron chi connectivity index (χ3n) is 8.46. The molecule has 1 heterocycles. The highest BCUT2D eigenvalue weighted by Gasteiger charge is 2.10. The summed E-state index contributed by atoms with van der Waals surface area (Å²) in [5.41, 5.74) is 8.71. The summed E-state index contributed by atoms with van der Waals surface area (Å²) in [7, 11) is 7.91. The predicted octanol–water partition coefficient (Wildman–Crippen LogP) is 8.68. The average molecular weight is 723 g/mol. The summed E-state index contributed by atoms with van der Waals surface area (Å²) in [6.07, 6.45) is 20.6. The molecule has 0 atom stereocenters. The molecule has 5 rings (SSSR count). The maximum absolute atomic E-state index is 2.99. The van der Waals surface area contributed by atoms with E-state index in [9.17, 15) is 0 Å². The van der Waals surface area contributed by atoms with Gasteiger partial charge in [-0.05, 0) is 58.7 Å². The first-order chi connectivity index (χ1) is 25.7. The largest absolute Gasteiger partial charge is 0.366 e. The van der Waals surface area contributed by atoms with Gasteiger partial charge in [0.15, 0.2) is 12.4 Å². The van der Waals surface area contributed by atoms with E-state index in [0.29, 0.717) is 0 Å². The zero-order valence-electron chi connectivity index (χ0n) is 30.3. The fourth-order valence-electron chi connectivity index (χ4n) is 5.61. The van der Waals surface area contributed by atoms with Crippen molar-refractivity contribution < 1.29 is 9.56 Å². The first-order valence-electron chi connectivity index (χ1n) is 17.8. The third kappa shape index (κ3) is 13.3. The smallest absolute Gasteiger partial charge is 0.204 e. The number of anilines is 2. The standard InChI is InChI=1S/C46H49N4S2/c1-47-32-14-5-3-4-8-16-40-23-28-45(29-24-40)49(38-42-17-9-6-10-18-42)34-36-51-52-37-35-50(39-43-19-11-7-12-20-43)46-30-25-41(26-31-46)22-27-44-21-13-15-33-48(44)2/h3-33H,34-39H2,1-2H3/q+1/p+1/b4-3+,14-5-,16-8+,47-32?. The first-order valence-corrected chi connectivity index (χ1v) is 20.3. The quantitative estimate of drug-likeness (QED) is 0.0303. The van der Waals surface area contributed by atoms with Crippen molar-refractivity contribution in [2.24, 2.45) is 7.05 Å². The highest BCUT2D eigenvalue weighted by molar-refractivity contribution is 8.76. The minimum absolute atomic E-state index is 0.889. The zero-order chi connectivity index (χ0) is 36.1. The molecule has 6 heteroatoms. The number of nitrogens with zero attached hydrogens (tertiary/aromatic N) is 3. The number of aromatic nitrogens is 1. The molecule has 0 saturated carbocycles. The van der Waals surface area contributed by atoms with Crippen molar-refractivity contribution in [3.8, 4) is 0 Å². The fraction of sp³-hybridized carbons (Fsp3) is 0.174. The van der Waals surface area contributed by atoms with Gasteiger partial charge >= 0.3 is 0 Å². The molecule has 4 aromatic carbocycles. The maximum Gasteiger partial charge on any atom is 0.204 e. The Hall–Kier alpha value is -5.04. The normalized spacial score (nSPS) is 11.9. The van der Waals surface area contributed by atoms with Gasteiger partial charge in [-0.15, -0.1) is 0 Å². The Balaban J connectivity index is 1.16. The number of aryl methyl sites for hydroxylation is 1. The van der Waals surface area contributed by atoms with Crippen molar-refractivity contribution in [1.82, 2.24) is 0 Å². The molecule has 0 aliphatic heterocycles. The second-order valence-electron chi connectivity index (χ2n) is 12.3. The summed E-state index contributed by atoms with van der Waals surface area (Å²) < 4.78 is 2.13. The van der Waals surface area contributed by atoms with E-state index in [4.69, 9.17) is 0 Å². The predicted molar refractivity (Wildman–Crippen MR) is 230 cm³/mol. The Labute approximate surface area is 319 Å². The van der Waals surface area contributed by atoms with Crippen LogP contribution in [0.1, 0.15) is 27.9 Å². The molecule has 0 bridgehead atoms. The molecule has 0 aliphatic carbocycles. The Kier molecular flexibility index (Phi) is 16.2. The van der Waals surface area contributed by atoms with Gasteiger partial charge in [0.2, 0.25) is 5.69 Å². The number of hydrogen-bond donors (Lipinski definition) is 1. The molecule has 0 spiro atoms.